The van der Waals surface area contributed by atoms with Gasteiger partial charge in [0.2, 0.25) is 0 Å². The van der Waals surface area contributed by atoms with Crippen LogP contribution < -0.4 is 24.8 Å². The molecule has 1 aliphatic heterocycles. The maximum atomic E-state index is 11.9. The standard InChI is InChI=1S/C19H18N2O6/c1-12(22)13-2-5-15(6-3-13)27-11-18(23)21-19(24)20-14-4-7-16-17(10-14)26-9-8-25-16/h2-7,10H,8-9,11H2,1H3,(H2,20,21,23,24). The number of anilines is 1. The minimum Gasteiger partial charge on any atom is -0.486 e. The number of ether oxygens (including phenoxy) is 3. The lowest BCUT2D eigenvalue weighted by Gasteiger charge is -2.19. The number of fused-ring (bicyclic) bond motifs is 1. The summed E-state index contributed by atoms with van der Waals surface area (Å²) in [6, 6.07) is 10.6. The number of nitrogens with one attached hydrogen (secondary N) is 2. The molecule has 0 aliphatic carbocycles. The van der Waals surface area contributed by atoms with Crippen molar-refractivity contribution in [2.24, 2.45) is 0 Å². The summed E-state index contributed by atoms with van der Waals surface area (Å²) in [7, 11) is 0. The lowest BCUT2D eigenvalue weighted by atomic mass is 10.1. The number of amides is 3. The van der Waals surface area contributed by atoms with Crippen molar-refractivity contribution < 1.29 is 28.6 Å². The molecule has 2 aromatic rings. The van der Waals surface area contributed by atoms with Gasteiger partial charge in [-0.25, -0.2) is 4.79 Å². The third kappa shape index (κ3) is 4.97. The first-order valence-corrected chi connectivity index (χ1v) is 8.25. The van der Waals surface area contributed by atoms with E-state index in [1.807, 2.05) is 0 Å². The van der Waals surface area contributed by atoms with Crippen LogP contribution in [0.1, 0.15) is 17.3 Å². The molecule has 8 heteroatoms. The molecule has 0 saturated heterocycles. The monoisotopic (exact) mass is 370 g/mol. The Bertz CT molecular complexity index is 863. The fourth-order valence-corrected chi connectivity index (χ4v) is 2.38. The molecule has 8 nitrogen and oxygen atoms in total. The summed E-state index contributed by atoms with van der Waals surface area (Å²) in [4.78, 5) is 35.0. The highest BCUT2D eigenvalue weighted by Crippen LogP contribution is 2.32. The molecule has 2 N–H and O–H groups in total. The van der Waals surface area contributed by atoms with E-state index in [9.17, 15) is 14.4 Å². The van der Waals surface area contributed by atoms with Crippen molar-refractivity contribution in [1.29, 1.82) is 0 Å². The summed E-state index contributed by atoms with van der Waals surface area (Å²) in [5, 5.41) is 4.71. The first-order valence-electron chi connectivity index (χ1n) is 8.25. The van der Waals surface area contributed by atoms with Gasteiger partial charge >= 0.3 is 6.03 Å². The van der Waals surface area contributed by atoms with E-state index in [2.05, 4.69) is 10.6 Å². The molecule has 140 valence electrons. The fourth-order valence-electron chi connectivity index (χ4n) is 2.38. The van der Waals surface area contributed by atoms with Crippen molar-refractivity contribution in [2.45, 2.75) is 6.92 Å². The van der Waals surface area contributed by atoms with Gasteiger partial charge in [-0.05, 0) is 43.3 Å². The van der Waals surface area contributed by atoms with Crippen molar-refractivity contribution in [3.8, 4) is 17.2 Å². The Hall–Kier alpha value is -3.55. The number of hydrogen-bond acceptors (Lipinski definition) is 6. The Morgan fingerprint density at radius 3 is 2.41 bits per heavy atom. The molecule has 27 heavy (non-hydrogen) atoms. The summed E-state index contributed by atoms with van der Waals surface area (Å²) >= 11 is 0. The second-order valence-corrected chi connectivity index (χ2v) is 5.73. The maximum absolute atomic E-state index is 11.9. The zero-order chi connectivity index (χ0) is 19.2. The molecule has 0 saturated carbocycles. The van der Waals surface area contributed by atoms with Gasteiger partial charge in [-0.2, -0.15) is 0 Å². The Morgan fingerprint density at radius 2 is 1.70 bits per heavy atom. The minimum absolute atomic E-state index is 0.0601. The van der Waals surface area contributed by atoms with Crippen LogP contribution in [0.4, 0.5) is 10.5 Å². The quantitative estimate of drug-likeness (QED) is 0.784. The van der Waals surface area contributed by atoms with Crippen LogP contribution >= 0.6 is 0 Å². The Balaban J connectivity index is 1.47. The van der Waals surface area contributed by atoms with Crippen molar-refractivity contribution in [2.75, 3.05) is 25.1 Å². The van der Waals surface area contributed by atoms with Crippen LogP contribution in [0.3, 0.4) is 0 Å². The molecule has 0 aromatic heterocycles. The summed E-state index contributed by atoms with van der Waals surface area (Å²) < 4.78 is 16.1. The fraction of sp³-hybridized carbons (Fsp3) is 0.211. The van der Waals surface area contributed by atoms with Crippen LogP contribution in [-0.4, -0.2) is 37.5 Å². The number of imide groups is 1. The summed E-state index contributed by atoms with van der Waals surface area (Å²) in [6.07, 6.45) is 0. The van der Waals surface area contributed by atoms with Gasteiger partial charge in [0.1, 0.15) is 19.0 Å². The topological polar surface area (TPSA) is 103 Å². The van der Waals surface area contributed by atoms with Crippen LogP contribution in [0, 0.1) is 0 Å². The van der Waals surface area contributed by atoms with Crippen LogP contribution in [0.2, 0.25) is 0 Å². The van der Waals surface area contributed by atoms with E-state index in [0.29, 0.717) is 41.7 Å². The second kappa shape index (κ2) is 8.22. The smallest absolute Gasteiger partial charge is 0.325 e. The lowest BCUT2D eigenvalue weighted by molar-refractivity contribution is -0.121. The van der Waals surface area contributed by atoms with Gasteiger partial charge in [-0.3, -0.25) is 14.9 Å². The van der Waals surface area contributed by atoms with Crippen molar-refractivity contribution >= 4 is 23.4 Å². The zero-order valence-corrected chi connectivity index (χ0v) is 14.6. The number of Topliss-reactive ketones (excluding diaryl/α,β-unsaturated/α-hetero) is 1. The van der Waals surface area contributed by atoms with E-state index in [1.165, 1.54) is 6.92 Å². The predicted octanol–water partition coefficient (Wildman–Crippen LogP) is 2.39. The highest BCUT2D eigenvalue weighted by atomic mass is 16.6. The Morgan fingerprint density at radius 1 is 1.00 bits per heavy atom. The number of carbonyl (C=O) groups excluding carboxylic acids is 3. The predicted molar refractivity (Wildman–Crippen MR) is 96.5 cm³/mol. The summed E-state index contributed by atoms with van der Waals surface area (Å²) in [5.41, 5.74) is 1.01. The van der Waals surface area contributed by atoms with E-state index >= 15 is 0 Å². The normalized spacial score (nSPS) is 12.0. The molecular formula is C19H18N2O6. The lowest BCUT2D eigenvalue weighted by Crippen LogP contribution is -2.37. The van der Waals surface area contributed by atoms with Crippen LogP contribution in [-0.2, 0) is 4.79 Å². The highest BCUT2D eigenvalue weighted by molar-refractivity contribution is 6.01. The Kier molecular flexibility index (Phi) is 5.55. The third-order valence-electron chi connectivity index (χ3n) is 3.68. The highest BCUT2D eigenvalue weighted by Gasteiger charge is 2.14. The molecular weight excluding hydrogens is 352 g/mol. The first kappa shape index (κ1) is 18.2. The molecule has 0 radical (unpaired) electrons. The van der Waals surface area contributed by atoms with Gasteiger partial charge < -0.3 is 19.5 Å². The van der Waals surface area contributed by atoms with E-state index in [-0.39, 0.29) is 12.4 Å². The van der Waals surface area contributed by atoms with E-state index in [0.717, 1.165) is 0 Å². The molecule has 2 aromatic carbocycles. The first-order chi connectivity index (χ1) is 13.0. The van der Waals surface area contributed by atoms with Crippen LogP contribution in [0.25, 0.3) is 0 Å². The number of hydrogen-bond donors (Lipinski definition) is 2. The van der Waals surface area contributed by atoms with E-state index < -0.39 is 11.9 Å². The maximum Gasteiger partial charge on any atom is 0.325 e. The van der Waals surface area contributed by atoms with Crippen molar-refractivity contribution in [3.05, 3.63) is 48.0 Å². The Labute approximate surface area is 155 Å². The van der Waals surface area contributed by atoms with Gasteiger partial charge in [0.15, 0.2) is 23.9 Å². The van der Waals surface area contributed by atoms with Crippen molar-refractivity contribution in [1.82, 2.24) is 5.32 Å². The van der Waals surface area contributed by atoms with Gasteiger partial charge in [0, 0.05) is 17.3 Å². The number of rotatable bonds is 5. The van der Waals surface area contributed by atoms with Crippen LogP contribution in [0.15, 0.2) is 42.5 Å². The SMILES string of the molecule is CC(=O)c1ccc(OCC(=O)NC(=O)Nc2ccc3c(c2)OCCO3)cc1. The largest absolute Gasteiger partial charge is 0.486 e. The molecule has 0 unspecified atom stereocenters. The molecule has 0 fully saturated rings. The molecule has 0 spiro atoms. The molecule has 3 rings (SSSR count). The van der Waals surface area contributed by atoms with Gasteiger partial charge in [-0.1, -0.05) is 0 Å². The molecule has 1 heterocycles. The van der Waals surface area contributed by atoms with Gasteiger partial charge in [0.05, 0.1) is 0 Å². The zero-order valence-electron chi connectivity index (χ0n) is 14.6. The van der Waals surface area contributed by atoms with Crippen LogP contribution in [0.5, 0.6) is 17.2 Å². The number of carbonyl (C=O) groups is 3. The second-order valence-electron chi connectivity index (χ2n) is 5.73. The molecule has 1 aliphatic rings. The average Bonchev–Trinajstić information content (AvgIpc) is 2.66. The number of benzene rings is 2. The molecule has 0 bridgehead atoms. The average molecular weight is 370 g/mol. The summed E-state index contributed by atoms with van der Waals surface area (Å²) in [6.45, 7) is 2.04. The molecule has 0 atom stereocenters. The number of ketones is 1. The minimum atomic E-state index is -0.688. The van der Waals surface area contributed by atoms with Gasteiger partial charge in [0.25, 0.3) is 5.91 Å². The molecule has 3 amide bonds. The van der Waals surface area contributed by atoms with Crippen molar-refractivity contribution in [3.63, 3.8) is 0 Å². The van der Waals surface area contributed by atoms with E-state index in [1.54, 1.807) is 42.5 Å². The summed E-state index contributed by atoms with van der Waals surface area (Å²) in [5.74, 6) is 0.883. The third-order valence-corrected chi connectivity index (χ3v) is 3.68. The van der Waals surface area contributed by atoms with Gasteiger partial charge in [-0.15, -0.1) is 0 Å². The number of urea groups is 1. The van der Waals surface area contributed by atoms with E-state index in [4.69, 9.17) is 14.2 Å².